The van der Waals surface area contributed by atoms with Gasteiger partial charge in [-0.3, -0.25) is 0 Å². The van der Waals surface area contributed by atoms with Crippen LogP contribution in [0.2, 0.25) is 0 Å². The van der Waals surface area contributed by atoms with E-state index in [2.05, 4.69) is 20.8 Å². The molecule has 0 bridgehead atoms. The van der Waals surface area contributed by atoms with Gasteiger partial charge in [-0.25, -0.2) is 0 Å². The third kappa shape index (κ3) is 2.32. The van der Waals surface area contributed by atoms with Crippen molar-refractivity contribution in [2.24, 2.45) is 17.8 Å². The molecule has 0 amide bonds. The first-order chi connectivity index (χ1) is 4.72. The van der Waals surface area contributed by atoms with Gasteiger partial charge in [0.1, 0.15) is 0 Å². The largest absolute Gasteiger partial charge is 0.0683 e. The van der Waals surface area contributed by atoms with Crippen molar-refractivity contribution in [3.05, 3.63) is 0 Å². The van der Waals surface area contributed by atoms with E-state index >= 15 is 0 Å². The zero-order valence-corrected chi connectivity index (χ0v) is 8.15. The van der Waals surface area contributed by atoms with Crippen LogP contribution in [0.15, 0.2) is 0 Å². The Morgan fingerprint density at radius 1 is 1.10 bits per heavy atom. The number of hydrogen-bond donors (Lipinski definition) is 0. The Bertz CT molecular complexity index is 69.4. The lowest BCUT2D eigenvalue weighted by Gasteiger charge is -2.36. The standard InChI is InChI=1S/C8H16.C2H6/c1-6(2)8-5-4-7(8)3;1-2/h6-8H,4-5H2,1-3H3;1-2H3. The van der Waals surface area contributed by atoms with E-state index in [-0.39, 0.29) is 0 Å². The Kier molecular flexibility index (Phi) is 4.76. The van der Waals surface area contributed by atoms with Crippen LogP contribution in [0.4, 0.5) is 0 Å². The molecule has 1 saturated carbocycles. The van der Waals surface area contributed by atoms with Gasteiger partial charge in [-0.2, -0.15) is 0 Å². The SMILES string of the molecule is CC.CC(C)C1CCC1C. The van der Waals surface area contributed by atoms with E-state index in [0.717, 1.165) is 17.8 Å². The first-order valence-corrected chi connectivity index (χ1v) is 4.72. The summed E-state index contributed by atoms with van der Waals surface area (Å²) in [6.45, 7) is 11.0. The molecule has 62 valence electrons. The Morgan fingerprint density at radius 2 is 1.60 bits per heavy atom. The molecular formula is C10H22. The van der Waals surface area contributed by atoms with E-state index in [4.69, 9.17) is 0 Å². The molecule has 0 aromatic rings. The predicted molar refractivity (Wildman–Crippen MR) is 48.1 cm³/mol. The van der Waals surface area contributed by atoms with Crippen molar-refractivity contribution in [3.63, 3.8) is 0 Å². The summed E-state index contributed by atoms with van der Waals surface area (Å²) in [5.41, 5.74) is 0. The van der Waals surface area contributed by atoms with Crippen molar-refractivity contribution in [1.82, 2.24) is 0 Å². The maximum Gasteiger partial charge on any atom is -0.0365 e. The maximum atomic E-state index is 2.37. The van der Waals surface area contributed by atoms with Crippen molar-refractivity contribution in [2.75, 3.05) is 0 Å². The average Bonchev–Trinajstić information content (AvgIpc) is 1.88. The lowest BCUT2D eigenvalue weighted by molar-refractivity contribution is 0.139. The van der Waals surface area contributed by atoms with Gasteiger partial charge in [0.15, 0.2) is 0 Å². The molecule has 2 atom stereocenters. The molecule has 0 radical (unpaired) electrons. The molecule has 1 aliphatic rings. The van der Waals surface area contributed by atoms with Gasteiger partial charge in [-0.1, -0.05) is 41.0 Å². The quantitative estimate of drug-likeness (QED) is 0.523. The minimum Gasteiger partial charge on any atom is -0.0683 e. The monoisotopic (exact) mass is 142 g/mol. The fraction of sp³-hybridized carbons (Fsp3) is 1.00. The minimum absolute atomic E-state index is 0.929. The first kappa shape index (κ1) is 10.0. The van der Waals surface area contributed by atoms with Crippen LogP contribution in [0.5, 0.6) is 0 Å². The minimum atomic E-state index is 0.929. The molecule has 2 unspecified atom stereocenters. The molecule has 0 heteroatoms. The Morgan fingerprint density at radius 3 is 1.60 bits per heavy atom. The first-order valence-electron chi connectivity index (χ1n) is 4.72. The van der Waals surface area contributed by atoms with Gasteiger partial charge in [-0.05, 0) is 24.2 Å². The summed E-state index contributed by atoms with van der Waals surface area (Å²) in [7, 11) is 0. The summed E-state index contributed by atoms with van der Waals surface area (Å²) >= 11 is 0. The summed E-state index contributed by atoms with van der Waals surface area (Å²) in [6.07, 6.45) is 2.96. The average molecular weight is 142 g/mol. The molecule has 0 saturated heterocycles. The van der Waals surface area contributed by atoms with Gasteiger partial charge in [0.05, 0.1) is 0 Å². The molecule has 1 fully saturated rings. The van der Waals surface area contributed by atoms with Crippen LogP contribution >= 0.6 is 0 Å². The van der Waals surface area contributed by atoms with Crippen molar-refractivity contribution < 1.29 is 0 Å². The molecular weight excluding hydrogens is 120 g/mol. The highest BCUT2D eigenvalue weighted by Crippen LogP contribution is 2.38. The molecule has 0 aromatic carbocycles. The molecule has 10 heavy (non-hydrogen) atoms. The molecule has 1 aliphatic carbocycles. The summed E-state index contributed by atoms with van der Waals surface area (Å²) in [4.78, 5) is 0. The van der Waals surface area contributed by atoms with Crippen LogP contribution in [-0.2, 0) is 0 Å². The van der Waals surface area contributed by atoms with E-state index in [1.165, 1.54) is 12.8 Å². The molecule has 0 heterocycles. The van der Waals surface area contributed by atoms with Gasteiger partial charge in [0.2, 0.25) is 0 Å². The zero-order valence-electron chi connectivity index (χ0n) is 8.15. The van der Waals surface area contributed by atoms with E-state index in [1.807, 2.05) is 13.8 Å². The fourth-order valence-electron chi connectivity index (χ4n) is 1.68. The van der Waals surface area contributed by atoms with Gasteiger partial charge >= 0.3 is 0 Å². The third-order valence-electron chi connectivity index (χ3n) is 2.54. The molecule has 0 N–H and O–H groups in total. The Hall–Kier alpha value is 0. The van der Waals surface area contributed by atoms with E-state index in [9.17, 15) is 0 Å². The van der Waals surface area contributed by atoms with Gasteiger partial charge in [-0.15, -0.1) is 0 Å². The smallest absolute Gasteiger partial charge is 0.0365 e. The van der Waals surface area contributed by atoms with Crippen LogP contribution in [0, 0.1) is 17.8 Å². The number of rotatable bonds is 1. The fourth-order valence-corrected chi connectivity index (χ4v) is 1.68. The summed E-state index contributed by atoms with van der Waals surface area (Å²) in [5.74, 6) is 3.00. The van der Waals surface area contributed by atoms with Crippen molar-refractivity contribution in [1.29, 1.82) is 0 Å². The molecule has 1 rings (SSSR count). The molecule has 0 aromatic heterocycles. The van der Waals surface area contributed by atoms with Gasteiger partial charge < -0.3 is 0 Å². The van der Waals surface area contributed by atoms with E-state index in [0.29, 0.717) is 0 Å². The second-order valence-corrected chi connectivity index (χ2v) is 3.46. The maximum absolute atomic E-state index is 2.37. The van der Waals surface area contributed by atoms with Crippen LogP contribution in [-0.4, -0.2) is 0 Å². The molecule has 0 aliphatic heterocycles. The van der Waals surface area contributed by atoms with Crippen LogP contribution < -0.4 is 0 Å². The van der Waals surface area contributed by atoms with E-state index in [1.54, 1.807) is 0 Å². The Labute approximate surface area is 66.0 Å². The van der Waals surface area contributed by atoms with Crippen LogP contribution in [0.3, 0.4) is 0 Å². The third-order valence-corrected chi connectivity index (χ3v) is 2.54. The normalized spacial score (nSPS) is 30.6. The molecule has 0 nitrogen and oxygen atoms in total. The summed E-state index contributed by atoms with van der Waals surface area (Å²) < 4.78 is 0. The lowest BCUT2D eigenvalue weighted by atomic mass is 9.69. The number of hydrogen-bond acceptors (Lipinski definition) is 0. The second-order valence-electron chi connectivity index (χ2n) is 3.46. The molecule has 0 spiro atoms. The lowest BCUT2D eigenvalue weighted by Crippen LogP contribution is -2.27. The predicted octanol–water partition coefficient (Wildman–Crippen LogP) is 3.71. The highest BCUT2D eigenvalue weighted by atomic mass is 14.3. The van der Waals surface area contributed by atoms with Crippen LogP contribution in [0.1, 0.15) is 47.5 Å². The van der Waals surface area contributed by atoms with Crippen molar-refractivity contribution in [3.8, 4) is 0 Å². The Balaban J connectivity index is 0.000000371. The van der Waals surface area contributed by atoms with Crippen molar-refractivity contribution in [2.45, 2.75) is 47.5 Å². The topological polar surface area (TPSA) is 0 Å². The summed E-state index contributed by atoms with van der Waals surface area (Å²) in [5, 5.41) is 0. The summed E-state index contributed by atoms with van der Waals surface area (Å²) in [6, 6.07) is 0. The van der Waals surface area contributed by atoms with Crippen LogP contribution in [0.25, 0.3) is 0 Å². The highest BCUT2D eigenvalue weighted by molar-refractivity contribution is 4.78. The highest BCUT2D eigenvalue weighted by Gasteiger charge is 2.28. The van der Waals surface area contributed by atoms with Gasteiger partial charge in [0.25, 0.3) is 0 Å². The van der Waals surface area contributed by atoms with E-state index < -0.39 is 0 Å². The zero-order chi connectivity index (χ0) is 8.15. The van der Waals surface area contributed by atoms with Gasteiger partial charge in [0, 0.05) is 0 Å². The second kappa shape index (κ2) is 4.76. The van der Waals surface area contributed by atoms with Crippen molar-refractivity contribution >= 4 is 0 Å².